The van der Waals surface area contributed by atoms with Gasteiger partial charge in [-0.3, -0.25) is 14.4 Å². The number of primary amides is 2. The first kappa shape index (κ1) is 36.6. The first-order chi connectivity index (χ1) is 27.0. The first-order valence-corrected chi connectivity index (χ1v) is 17.6. The second kappa shape index (κ2) is 13.1. The highest BCUT2D eigenvalue weighted by Crippen LogP contribution is 2.38. The number of halogens is 2. The van der Waals surface area contributed by atoms with Crippen molar-refractivity contribution in [1.29, 1.82) is 0 Å². The molecule has 1 fully saturated rings. The number of nitrogens with one attached hydrogen (secondary N) is 2. The van der Waals surface area contributed by atoms with Gasteiger partial charge in [-0.1, -0.05) is 10.3 Å². The lowest BCUT2D eigenvalue weighted by molar-refractivity contribution is -0.113. The van der Waals surface area contributed by atoms with Gasteiger partial charge in [-0.25, -0.2) is 13.6 Å². The van der Waals surface area contributed by atoms with Crippen LogP contribution in [0.15, 0.2) is 69.7 Å². The quantitative estimate of drug-likeness (QED) is 0.115. The average molecular weight is 774 g/mol. The number of carboxylic acid groups (broad SMARTS) is 1. The minimum Gasteiger partial charge on any atom is -0.478 e. The number of carbonyl (C=O) groups excluding carboxylic acids is 3. The van der Waals surface area contributed by atoms with Gasteiger partial charge in [-0.2, -0.15) is 0 Å². The standard InChI is InChI=1S/C22H18F2N4O3.C19H15N3O4/c1-10-18(11(2)31-27-10)13-6-15(20(25)29)19-14-5-12(3-4-16(14)26-17(19)7-13)21(30)28-8-22(23,24)9-28;1-8-16(9(2)26-22-8)11-6-13(18(20)23)17-12-5-10(19(24)25)3-4-14(12)21-15(17)7-11/h3-7,26H,8-9H2,1-2H3,(H2,25,29);3-7,21H,1-2H3,(H2,20,23)(H,24,25). The number of aryl methyl sites for hydroxylation is 4. The van der Waals surface area contributed by atoms with Crippen molar-refractivity contribution < 1.29 is 42.1 Å². The van der Waals surface area contributed by atoms with Gasteiger partial charge < -0.3 is 40.5 Å². The summed E-state index contributed by atoms with van der Waals surface area (Å²) in [6.07, 6.45) is 0. The lowest BCUT2D eigenvalue weighted by Gasteiger charge is -2.38. The van der Waals surface area contributed by atoms with E-state index in [0.29, 0.717) is 66.6 Å². The number of benzene rings is 4. The van der Waals surface area contributed by atoms with E-state index in [0.717, 1.165) is 32.7 Å². The number of likely N-dealkylation sites (tertiary alicyclic amines) is 1. The number of aromatic carboxylic acids is 1. The number of aromatic amines is 2. The Hall–Kier alpha value is -7.36. The molecule has 288 valence electrons. The molecule has 7 N–H and O–H groups in total. The van der Waals surface area contributed by atoms with Crippen LogP contribution in [0.4, 0.5) is 8.78 Å². The lowest BCUT2D eigenvalue weighted by Crippen LogP contribution is -2.58. The minimum absolute atomic E-state index is 0.142. The third-order valence-corrected chi connectivity index (χ3v) is 10.2. The van der Waals surface area contributed by atoms with Crippen molar-refractivity contribution in [3.8, 4) is 22.3 Å². The number of carboxylic acids is 1. The van der Waals surface area contributed by atoms with Crippen molar-refractivity contribution in [2.45, 2.75) is 33.6 Å². The van der Waals surface area contributed by atoms with Crippen molar-refractivity contribution in [3.63, 3.8) is 0 Å². The Morgan fingerprint density at radius 1 is 0.684 bits per heavy atom. The van der Waals surface area contributed by atoms with Crippen LogP contribution in [0.3, 0.4) is 0 Å². The number of aromatic nitrogens is 4. The highest BCUT2D eigenvalue weighted by atomic mass is 19.3. The molecule has 0 atom stereocenters. The van der Waals surface area contributed by atoms with E-state index in [4.69, 9.17) is 20.5 Å². The number of nitrogens with two attached hydrogens (primary N) is 2. The van der Waals surface area contributed by atoms with E-state index < -0.39 is 42.7 Å². The predicted octanol–water partition coefficient (Wildman–Crippen LogP) is 7.17. The van der Waals surface area contributed by atoms with Crippen LogP contribution in [0.1, 0.15) is 64.3 Å². The maximum atomic E-state index is 13.2. The summed E-state index contributed by atoms with van der Waals surface area (Å²) >= 11 is 0. The Kier molecular flexibility index (Phi) is 8.44. The number of alkyl halides is 2. The van der Waals surface area contributed by atoms with Crippen LogP contribution in [-0.4, -0.2) is 73.0 Å². The fraction of sp³-hybridized carbons (Fsp3) is 0.171. The number of nitrogens with zero attached hydrogens (tertiary/aromatic N) is 3. The second-order valence-corrected chi connectivity index (χ2v) is 14.1. The predicted molar refractivity (Wildman–Crippen MR) is 206 cm³/mol. The smallest absolute Gasteiger partial charge is 0.335 e. The van der Waals surface area contributed by atoms with Crippen LogP contribution >= 0.6 is 0 Å². The number of rotatable bonds is 6. The zero-order valence-electron chi connectivity index (χ0n) is 30.8. The molecule has 14 nitrogen and oxygen atoms in total. The molecule has 16 heteroatoms. The number of carbonyl (C=O) groups is 4. The van der Waals surface area contributed by atoms with Crippen molar-refractivity contribution >= 4 is 67.3 Å². The average Bonchev–Trinajstić information content (AvgIpc) is 3.90. The van der Waals surface area contributed by atoms with Gasteiger partial charge in [-0.05, 0) is 99.5 Å². The van der Waals surface area contributed by atoms with Crippen LogP contribution < -0.4 is 11.5 Å². The number of hydrogen-bond acceptors (Lipinski definition) is 8. The van der Waals surface area contributed by atoms with E-state index in [-0.39, 0.29) is 16.7 Å². The lowest BCUT2D eigenvalue weighted by atomic mass is 9.97. The molecule has 1 aliphatic rings. The summed E-state index contributed by atoms with van der Waals surface area (Å²) in [6, 6.07) is 16.7. The maximum Gasteiger partial charge on any atom is 0.335 e. The van der Waals surface area contributed by atoms with Gasteiger partial charge in [-0.15, -0.1) is 0 Å². The second-order valence-electron chi connectivity index (χ2n) is 14.1. The van der Waals surface area contributed by atoms with E-state index in [1.165, 1.54) is 6.07 Å². The number of hydrogen-bond donors (Lipinski definition) is 5. The molecule has 0 saturated carbocycles. The van der Waals surface area contributed by atoms with Gasteiger partial charge in [0, 0.05) is 71.4 Å². The molecule has 0 unspecified atom stereocenters. The molecule has 8 aromatic rings. The maximum absolute atomic E-state index is 13.2. The van der Waals surface area contributed by atoms with Crippen LogP contribution in [-0.2, 0) is 0 Å². The van der Waals surface area contributed by atoms with Crippen molar-refractivity contribution in [2.24, 2.45) is 11.5 Å². The molecule has 9 rings (SSSR count). The van der Waals surface area contributed by atoms with E-state index in [1.807, 2.05) is 26.0 Å². The van der Waals surface area contributed by atoms with Crippen molar-refractivity contribution in [2.75, 3.05) is 13.1 Å². The largest absolute Gasteiger partial charge is 0.478 e. The summed E-state index contributed by atoms with van der Waals surface area (Å²) in [5.41, 5.74) is 19.5. The summed E-state index contributed by atoms with van der Waals surface area (Å²) < 4.78 is 36.8. The Balaban J connectivity index is 0.000000162. The van der Waals surface area contributed by atoms with Crippen LogP contribution in [0.2, 0.25) is 0 Å². The van der Waals surface area contributed by atoms with Crippen molar-refractivity contribution in [3.05, 3.63) is 106 Å². The molecular formula is C41H33F2N7O7. The fourth-order valence-electron chi connectivity index (χ4n) is 7.64. The Bertz CT molecular complexity index is 2980. The summed E-state index contributed by atoms with van der Waals surface area (Å²) in [4.78, 5) is 55.9. The normalized spacial score (nSPS) is 13.5. The van der Waals surface area contributed by atoms with Gasteiger partial charge >= 0.3 is 5.97 Å². The highest BCUT2D eigenvalue weighted by molar-refractivity contribution is 6.20. The fourth-order valence-corrected chi connectivity index (χ4v) is 7.64. The summed E-state index contributed by atoms with van der Waals surface area (Å²) in [6.45, 7) is 6.03. The third-order valence-electron chi connectivity index (χ3n) is 10.2. The van der Waals surface area contributed by atoms with E-state index in [2.05, 4.69) is 20.3 Å². The van der Waals surface area contributed by atoms with Gasteiger partial charge in [0.2, 0.25) is 11.8 Å². The van der Waals surface area contributed by atoms with E-state index in [9.17, 15) is 33.1 Å². The van der Waals surface area contributed by atoms with Crippen LogP contribution in [0, 0.1) is 27.7 Å². The molecule has 0 bridgehead atoms. The van der Waals surface area contributed by atoms with Gasteiger partial charge in [0.25, 0.3) is 11.8 Å². The summed E-state index contributed by atoms with van der Waals surface area (Å²) in [5, 5.41) is 19.6. The van der Waals surface area contributed by atoms with E-state index >= 15 is 0 Å². The molecule has 1 aliphatic heterocycles. The summed E-state index contributed by atoms with van der Waals surface area (Å²) in [5.74, 6) is -4.31. The Morgan fingerprint density at radius 2 is 1.12 bits per heavy atom. The highest BCUT2D eigenvalue weighted by Gasteiger charge is 2.46. The zero-order valence-corrected chi connectivity index (χ0v) is 30.8. The molecule has 1 saturated heterocycles. The van der Waals surface area contributed by atoms with E-state index in [1.54, 1.807) is 56.3 Å². The number of H-pyrrole nitrogens is 2. The molecule has 57 heavy (non-hydrogen) atoms. The van der Waals surface area contributed by atoms with Crippen LogP contribution in [0.25, 0.3) is 65.9 Å². The molecule has 0 radical (unpaired) electrons. The molecule has 4 aromatic heterocycles. The molecule has 3 amide bonds. The first-order valence-electron chi connectivity index (χ1n) is 17.6. The molecule has 5 heterocycles. The SMILES string of the molecule is Cc1noc(C)c1-c1cc(C(N)=O)c2c(c1)[nH]c1ccc(C(=O)N3CC(F)(F)C3)cc12.Cc1noc(C)c1-c1cc(C(N)=O)c2c(c1)[nH]c1ccc(C(=O)O)cc12. The molecule has 0 spiro atoms. The third kappa shape index (κ3) is 6.20. The van der Waals surface area contributed by atoms with Gasteiger partial charge in [0.05, 0.1) is 30.0 Å². The van der Waals surface area contributed by atoms with Gasteiger partial charge in [0.15, 0.2) is 0 Å². The Morgan fingerprint density at radius 3 is 1.51 bits per heavy atom. The Labute approximate surface area is 320 Å². The zero-order chi connectivity index (χ0) is 40.7. The molecule has 0 aliphatic carbocycles. The number of amides is 3. The minimum atomic E-state index is -2.84. The van der Waals surface area contributed by atoms with Crippen LogP contribution in [0.5, 0.6) is 0 Å². The topological polar surface area (TPSA) is 227 Å². The summed E-state index contributed by atoms with van der Waals surface area (Å²) in [7, 11) is 0. The van der Waals surface area contributed by atoms with Gasteiger partial charge in [0.1, 0.15) is 11.5 Å². The number of fused-ring (bicyclic) bond motifs is 6. The van der Waals surface area contributed by atoms with Crippen molar-refractivity contribution in [1.82, 2.24) is 25.2 Å². The molecule has 4 aromatic carbocycles. The molecular weight excluding hydrogens is 740 g/mol. The monoisotopic (exact) mass is 773 g/mol.